The van der Waals surface area contributed by atoms with Crippen molar-refractivity contribution in [1.82, 2.24) is 0 Å². The van der Waals surface area contributed by atoms with E-state index in [9.17, 15) is 4.79 Å². The average molecular weight is 223 g/mol. The van der Waals surface area contributed by atoms with Gasteiger partial charge in [-0.3, -0.25) is 0 Å². The van der Waals surface area contributed by atoms with E-state index in [1.165, 1.54) is 0 Å². The average Bonchev–Trinajstić information content (AvgIpc) is 2.17. The Morgan fingerprint density at radius 2 is 2.27 bits per heavy atom. The predicted molar refractivity (Wildman–Crippen MR) is 59.7 cm³/mol. The number of carbonyl (C=O) groups excluding carboxylic acids is 1. The summed E-state index contributed by atoms with van der Waals surface area (Å²) in [6.45, 7) is 3.95. The van der Waals surface area contributed by atoms with Crippen molar-refractivity contribution in [2.24, 2.45) is 0 Å². The Kier molecular flexibility index (Phi) is 4.20. The van der Waals surface area contributed by atoms with Crippen molar-refractivity contribution in [3.8, 4) is 11.8 Å². The molecule has 0 aliphatic rings. The summed E-state index contributed by atoms with van der Waals surface area (Å²) in [4.78, 5) is 11.0. The highest BCUT2D eigenvalue weighted by Gasteiger charge is 2.00. The van der Waals surface area contributed by atoms with Crippen LogP contribution in [0.1, 0.15) is 18.1 Å². The summed E-state index contributed by atoms with van der Waals surface area (Å²) in [7, 11) is 0. The molecule has 0 aromatic heterocycles. The lowest BCUT2D eigenvalue weighted by molar-refractivity contribution is -0.136. The Labute approximate surface area is 94.2 Å². The molecule has 78 valence electrons. The standard InChI is InChI=1S/C12H11ClO2/c1-3-15-12(14)8-7-10-9(2)5-4-6-11(10)13/h4-6H,3H2,1-2H3. The number of hydrogen-bond acceptors (Lipinski definition) is 2. The van der Waals surface area contributed by atoms with E-state index in [-0.39, 0.29) is 0 Å². The molecule has 3 heteroatoms. The third-order valence-electron chi connectivity index (χ3n) is 1.79. The van der Waals surface area contributed by atoms with E-state index in [0.717, 1.165) is 5.56 Å². The highest BCUT2D eigenvalue weighted by molar-refractivity contribution is 6.31. The summed E-state index contributed by atoms with van der Waals surface area (Å²) in [5.41, 5.74) is 1.62. The summed E-state index contributed by atoms with van der Waals surface area (Å²) in [6, 6.07) is 5.47. The Bertz CT molecular complexity index is 407. The summed E-state index contributed by atoms with van der Waals surface area (Å²) >= 11 is 5.94. The maximum absolute atomic E-state index is 11.0. The number of carbonyl (C=O) groups is 1. The second kappa shape index (κ2) is 5.43. The molecule has 0 N–H and O–H groups in total. The van der Waals surface area contributed by atoms with Gasteiger partial charge in [0.1, 0.15) is 0 Å². The number of halogens is 1. The second-order valence-corrected chi connectivity index (χ2v) is 3.31. The molecule has 0 heterocycles. The van der Waals surface area contributed by atoms with Crippen LogP contribution in [0.4, 0.5) is 0 Å². The van der Waals surface area contributed by atoms with Gasteiger partial charge in [0, 0.05) is 11.5 Å². The van der Waals surface area contributed by atoms with Gasteiger partial charge in [-0.15, -0.1) is 0 Å². The van der Waals surface area contributed by atoms with Gasteiger partial charge < -0.3 is 4.74 Å². The van der Waals surface area contributed by atoms with Crippen LogP contribution in [-0.2, 0) is 9.53 Å². The lowest BCUT2D eigenvalue weighted by atomic mass is 10.1. The van der Waals surface area contributed by atoms with Crippen molar-refractivity contribution in [1.29, 1.82) is 0 Å². The highest BCUT2D eigenvalue weighted by atomic mass is 35.5. The van der Waals surface area contributed by atoms with E-state index in [4.69, 9.17) is 11.6 Å². The molecule has 0 amide bonds. The Balaban J connectivity index is 2.93. The van der Waals surface area contributed by atoms with Crippen molar-refractivity contribution in [2.45, 2.75) is 13.8 Å². The fraction of sp³-hybridized carbons (Fsp3) is 0.250. The molecule has 0 aliphatic carbocycles. The smallest absolute Gasteiger partial charge is 0.384 e. The zero-order chi connectivity index (χ0) is 11.3. The lowest BCUT2D eigenvalue weighted by Gasteiger charge is -1.99. The summed E-state index contributed by atoms with van der Waals surface area (Å²) in [5, 5.41) is 0.548. The molecule has 0 unspecified atom stereocenters. The molecule has 1 aromatic carbocycles. The number of benzene rings is 1. The van der Waals surface area contributed by atoms with Crippen LogP contribution in [0.5, 0.6) is 0 Å². The van der Waals surface area contributed by atoms with Crippen LogP contribution in [0.25, 0.3) is 0 Å². The van der Waals surface area contributed by atoms with Gasteiger partial charge in [0.25, 0.3) is 0 Å². The molecule has 1 aromatic rings. The van der Waals surface area contributed by atoms with Crippen LogP contribution in [0.2, 0.25) is 5.02 Å². The highest BCUT2D eigenvalue weighted by Crippen LogP contribution is 2.17. The van der Waals surface area contributed by atoms with Crippen molar-refractivity contribution < 1.29 is 9.53 Å². The van der Waals surface area contributed by atoms with E-state index in [0.29, 0.717) is 17.2 Å². The first kappa shape index (κ1) is 11.6. The van der Waals surface area contributed by atoms with Gasteiger partial charge in [-0.25, -0.2) is 4.79 Å². The molecule has 15 heavy (non-hydrogen) atoms. The van der Waals surface area contributed by atoms with Crippen LogP contribution in [-0.4, -0.2) is 12.6 Å². The van der Waals surface area contributed by atoms with Gasteiger partial charge in [-0.1, -0.05) is 29.7 Å². The molecule has 2 nitrogen and oxygen atoms in total. The Hall–Kier alpha value is -1.46. The number of ether oxygens (including phenoxy) is 1. The molecule has 0 spiro atoms. The molecule has 0 saturated heterocycles. The monoisotopic (exact) mass is 222 g/mol. The SMILES string of the molecule is CCOC(=O)C#Cc1c(C)cccc1Cl. The zero-order valence-corrected chi connectivity index (χ0v) is 9.39. The first-order valence-electron chi connectivity index (χ1n) is 4.59. The molecule has 0 aliphatic heterocycles. The van der Waals surface area contributed by atoms with E-state index >= 15 is 0 Å². The zero-order valence-electron chi connectivity index (χ0n) is 8.63. The molecule has 0 saturated carbocycles. The number of rotatable bonds is 1. The summed E-state index contributed by atoms with van der Waals surface area (Å²) in [6.07, 6.45) is 0. The van der Waals surface area contributed by atoms with Crippen molar-refractivity contribution in [2.75, 3.05) is 6.61 Å². The topological polar surface area (TPSA) is 26.3 Å². The molecule has 0 bridgehead atoms. The van der Waals surface area contributed by atoms with E-state index in [1.807, 2.05) is 19.1 Å². The van der Waals surface area contributed by atoms with Crippen LogP contribution in [0.15, 0.2) is 18.2 Å². The molecular formula is C12H11ClO2. The Morgan fingerprint density at radius 1 is 1.53 bits per heavy atom. The van der Waals surface area contributed by atoms with Gasteiger partial charge in [-0.2, -0.15) is 0 Å². The quantitative estimate of drug-likeness (QED) is 0.539. The fourth-order valence-electron chi connectivity index (χ4n) is 1.07. The number of aryl methyl sites for hydroxylation is 1. The minimum absolute atomic E-state index is 0.328. The van der Waals surface area contributed by atoms with E-state index < -0.39 is 5.97 Å². The largest absolute Gasteiger partial charge is 0.456 e. The van der Waals surface area contributed by atoms with Gasteiger partial charge in [0.05, 0.1) is 11.6 Å². The second-order valence-electron chi connectivity index (χ2n) is 2.90. The summed E-state index contributed by atoms with van der Waals surface area (Å²) in [5.74, 6) is 4.56. The van der Waals surface area contributed by atoms with Gasteiger partial charge in [-0.05, 0) is 25.5 Å². The molecule has 0 fully saturated rings. The van der Waals surface area contributed by atoms with Crippen LogP contribution < -0.4 is 0 Å². The number of esters is 1. The van der Waals surface area contributed by atoms with E-state index in [1.54, 1.807) is 13.0 Å². The minimum atomic E-state index is -0.531. The van der Waals surface area contributed by atoms with Gasteiger partial charge in [0.15, 0.2) is 0 Å². The predicted octanol–water partition coefficient (Wildman–Crippen LogP) is 2.56. The summed E-state index contributed by atoms with van der Waals surface area (Å²) < 4.78 is 4.69. The van der Waals surface area contributed by atoms with Crippen molar-refractivity contribution in [3.05, 3.63) is 34.3 Å². The van der Waals surface area contributed by atoms with Crippen LogP contribution >= 0.6 is 11.6 Å². The normalized spacial score (nSPS) is 9.00. The third-order valence-corrected chi connectivity index (χ3v) is 2.10. The fourth-order valence-corrected chi connectivity index (χ4v) is 1.34. The molecular weight excluding hydrogens is 212 g/mol. The molecule has 1 rings (SSSR count). The van der Waals surface area contributed by atoms with Crippen LogP contribution in [0.3, 0.4) is 0 Å². The lowest BCUT2D eigenvalue weighted by Crippen LogP contribution is -1.99. The van der Waals surface area contributed by atoms with E-state index in [2.05, 4.69) is 16.6 Å². The molecule has 0 atom stereocenters. The Morgan fingerprint density at radius 3 is 2.87 bits per heavy atom. The first-order chi connectivity index (χ1) is 7.15. The molecule has 0 radical (unpaired) electrons. The number of hydrogen-bond donors (Lipinski definition) is 0. The van der Waals surface area contributed by atoms with Gasteiger partial charge in [0.2, 0.25) is 0 Å². The minimum Gasteiger partial charge on any atom is -0.456 e. The third kappa shape index (κ3) is 3.30. The first-order valence-corrected chi connectivity index (χ1v) is 4.96. The van der Waals surface area contributed by atoms with Crippen LogP contribution in [0, 0.1) is 18.8 Å². The maximum Gasteiger partial charge on any atom is 0.384 e. The van der Waals surface area contributed by atoms with Gasteiger partial charge >= 0.3 is 5.97 Å². The maximum atomic E-state index is 11.0. The van der Waals surface area contributed by atoms with Crippen molar-refractivity contribution >= 4 is 17.6 Å². The van der Waals surface area contributed by atoms with Crippen molar-refractivity contribution in [3.63, 3.8) is 0 Å².